The van der Waals surface area contributed by atoms with Crippen molar-refractivity contribution in [3.8, 4) is 0 Å². The smallest absolute Gasteiger partial charge is 0.340 e. The molecule has 37 heavy (non-hydrogen) atoms. The van der Waals surface area contributed by atoms with E-state index in [0.29, 0.717) is 28.8 Å². The van der Waals surface area contributed by atoms with E-state index in [0.717, 1.165) is 17.5 Å². The van der Waals surface area contributed by atoms with Gasteiger partial charge in [0.15, 0.2) is 5.72 Å². The third kappa shape index (κ3) is 4.10. The summed E-state index contributed by atoms with van der Waals surface area (Å²) in [7, 11) is 0. The number of rotatable bonds is 4. The molecule has 0 bridgehead atoms. The maximum Gasteiger partial charge on any atom is 0.340 e. The molecule has 0 aromatic heterocycles. The van der Waals surface area contributed by atoms with Crippen LogP contribution in [0.1, 0.15) is 56.3 Å². The fraction of sp³-hybridized carbons (Fsp3) is 0.161. The van der Waals surface area contributed by atoms with Gasteiger partial charge in [0.2, 0.25) is 5.06 Å². The first-order valence-electron chi connectivity index (χ1n) is 12.2. The number of nitrogens with zero attached hydrogens (tertiary/aromatic N) is 1. The highest BCUT2D eigenvalue weighted by atomic mass is 35.5. The van der Waals surface area contributed by atoms with Crippen molar-refractivity contribution in [3.63, 3.8) is 0 Å². The Morgan fingerprint density at radius 2 is 1.24 bits per heavy atom. The number of carbonyl (C=O) groups excluding carboxylic acids is 2. The van der Waals surface area contributed by atoms with Gasteiger partial charge in [-0.15, -0.1) is 0 Å². The number of amides is 1. The van der Waals surface area contributed by atoms with Gasteiger partial charge in [-0.2, -0.15) is 0 Å². The summed E-state index contributed by atoms with van der Waals surface area (Å²) in [5, 5.41) is 10.1. The highest BCUT2D eigenvalue weighted by Crippen LogP contribution is 2.45. The molecule has 0 saturated heterocycles. The first kappa shape index (κ1) is 24.8. The number of halogens is 1. The number of cyclic esters (lactones) is 1. The van der Waals surface area contributed by atoms with Gasteiger partial charge in [0.05, 0.1) is 5.56 Å². The Morgan fingerprint density at radius 1 is 0.730 bits per heavy atom. The van der Waals surface area contributed by atoms with Gasteiger partial charge in [-0.3, -0.25) is 4.79 Å². The van der Waals surface area contributed by atoms with Gasteiger partial charge in [0.25, 0.3) is 5.91 Å². The Morgan fingerprint density at radius 3 is 1.86 bits per heavy atom. The molecule has 186 valence electrons. The number of alkyl halides is 1. The van der Waals surface area contributed by atoms with Crippen LogP contribution in [0, 0.1) is 0 Å². The molecule has 2 heterocycles. The zero-order valence-corrected chi connectivity index (χ0v) is 21.1. The lowest BCUT2D eigenvalue weighted by molar-refractivity contribution is -0.0498. The van der Waals surface area contributed by atoms with Gasteiger partial charge in [-0.05, 0) is 18.6 Å². The number of hydrogen-bond acceptors (Lipinski definition) is 4. The molecule has 2 unspecified atom stereocenters. The summed E-state index contributed by atoms with van der Waals surface area (Å²) in [5.74, 6) is -0.478. The summed E-state index contributed by atoms with van der Waals surface area (Å²) < 4.78 is 5.33. The van der Waals surface area contributed by atoms with Crippen LogP contribution in [-0.2, 0) is 15.5 Å². The maximum absolute atomic E-state index is 12.5. The van der Waals surface area contributed by atoms with Crippen LogP contribution in [0.25, 0.3) is 0 Å². The van der Waals surface area contributed by atoms with E-state index in [-0.39, 0.29) is 11.9 Å². The van der Waals surface area contributed by atoms with E-state index in [9.17, 15) is 14.7 Å². The Balaban J connectivity index is 0.000000153. The van der Waals surface area contributed by atoms with Crippen LogP contribution in [0.5, 0.6) is 0 Å². The summed E-state index contributed by atoms with van der Waals surface area (Å²) in [6, 6.07) is 33.2. The molecular weight excluding hydrogens is 486 g/mol. The van der Waals surface area contributed by atoms with Crippen LogP contribution in [0.15, 0.2) is 109 Å². The quantitative estimate of drug-likeness (QED) is 0.268. The predicted octanol–water partition coefficient (Wildman–Crippen LogP) is 6.04. The van der Waals surface area contributed by atoms with E-state index in [1.54, 1.807) is 23.1 Å². The van der Waals surface area contributed by atoms with E-state index in [2.05, 4.69) is 0 Å². The number of hydrogen-bond donors (Lipinski definition) is 1. The average molecular weight is 512 g/mol. The van der Waals surface area contributed by atoms with Crippen molar-refractivity contribution in [2.45, 2.75) is 24.1 Å². The van der Waals surface area contributed by atoms with Crippen molar-refractivity contribution in [2.75, 3.05) is 6.54 Å². The molecule has 2 aliphatic heterocycles. The second-order valence-corrected chi connectivity index (χ2v) is 9.47. The number of carbonyl (C=O) groups is 2. The minimum atomic E-state index is -1.36. The van der Waals surface area contributed by atoms with E-state index in [1.807, 2.05) is 97.9 Å². The van der Waals surface area contributed by atoms with E-state index >= 15 is 0 Å². The van der Waals surface area contributed by atoms with Crippen molar-refractivity contribution in [3.05, 3.63) is 143 Å². The number of benzene rings is 4. The largest absolute Gasteiger partial charge is 0.431 e. The standard InChI is InChI=1S/C17H17NO2.C14H9ClO2/c1-2-12-18-16(19)14-10-6-7-11-15(14)17(18,20)13-8-4-3-5-9-13;15-14(10-6-2-1-3-7-10)12-9-5-4-8-11(12)13(16)17-14/h3-11,20H,2,12H2,1H3;1-9H. The maximum atomic E-state index is 12.5. The van der Waals surface area contributed by atoms with Crippen LogP contribution < -0.4 is 0 Å². The van der Waals surface area contributed by atoms with Gasteiger partial charge < -0.3 is 14.7 Å². The lowest BCUT2D eigenvalue weighted by atomic mass is 9.94. The zero-order chi connectivity index (χ0) is 26.0. The first-order valence-corrected chi connectivity index (χ1v) is 12.6. The second kappa shape index (κ2) is 9.85. The number of aliphatic hydroxyl groups is 1. The minimum absolute atomic E-state index is 0.103. The van der Waals surface area contributed by atoms with Crippen molar-refractivity contribution < 1.29 is 19.4 Å². The monoisotopic (exact) mass is 511 g/mol. The SMILES string of the molecule is CCCN1C(=O)c2ccccc2C1(O)c1ccccc1.O=C1OC(Cl)(c2ccccc2)c2ccccc21. The molecule has 4 aromatic carbocycles. The normalized spacial score (nSPS) is 21.5. The summed E-state index contributed by atoms with van der Waals surface area (Å²) in [6.07, 6.45) is 0.800. The Kier molecular flexibility index (Phi) is 6.59. The lowest BCUT2D eigenvalue weighted by Gasteiger charge is -2.34. The number of fused-ring (bicyclic) bond motifs is 2. The van der Waals surface area contributed by atoms with Crippen LogP contribution in [0.3, 0.4) is 0 Å². The molecule has 0 radical (unpaired) electrons. The number of ether oxygens (including phenoxy) is 1. The van der Waals surface area contributed by atoms with E-state index in [1.165, 1.54) is 0 Å². The Bertz CT molecular complexity index is 1440. The predicted molar refractivity (Wildman–Crippen MR) is 142 cm³/mol. The molecule has 1 amide bonds. The molecule has 2 atom stereocenters. The van der Waals surface area contributed by atoms with Gasteiger partial charge in [0, 0.05) is 34.4 Å². The molecule has 4 aromatic rings. The number of esters is 1. The molecule has 0 fully saturated rings. The zero-order valence-electron chi connectivity index (χ0n) is 20.3. The summed E-state index contributed by atoms with van der Waals surface area (Å²) in [4.78, 5) is 25.9. The van der Waals surface area contributed by atoms with Crippen molar-refractivity contribution in [1.29, 1.82) is 0 Å². The Labute approximate surface area is 220 Å². The molecule has 0 aliphatic carbocycles. The minimum Gasteiger partial charge on any atom is -0.431 e. The molecule has 5 nitrogen and oxygen atoms in total. The first-order chi connectivity index (χ1) is 17.9. The second-order valence-electron chi connectivity index (χ2n) is 8.94. The van der Waals surface area contributed by atoms with Gasteiger partial charge in [0.1, 0.15) is 0 Å². The van der Waals surface area contributed by atoms with E-state index < -0.39 is 10.8 Å². The average Bonchev–Trinajstić information content (AvgIpc) is 3.34. The van der Waals surface area contributed by atoms with Gasteiger partial charge >= 0.3 is 5.97 Å². The van der Waals surface area contributed by atoms with Crippen molar-refractivity contribution in [2.24, 2.45) is 0 Å². The van der Waals surface area contributed by atoms with Crippen LogP contribution in [0.4, 0.5) is 0 Å². The molecule has 6 heteroatoms. The molecule has 2 aliphatic rings. The summed E-state index contributed by atoms with van der Waals surface area (Å²) in [5.41, 5.74) is 2.64. The van der Waals surface area contributed by atoms with Crippen LogP contribution >= 0.6 is 11.6 Å². The summed E-state index contributed by atoms with van der Waals surface area (Å²) in [6.45, 7) is 2.53. The fourth-order valence-electron chi connectivity index (χ4n) is 4.93. The fourth-order valence-corrected chi connectivity index (χ4v) is 5.29. The lowest BCUT2D eigenvalue weighted by Crippen LogP contribution is -2.45. The van der Waals surface area contributed by atoms with Crippen molar-refractivity contribution in [1.82, 2.24) is 4.90 Å². The van der Waals surface area contributed by atoms with Gasteiger partial charge in [-0.1, -0.05) is 116 Å². The topological polar surface area (TPSA) is 66.8 Å². The van der Waals surface area contributed by atoms with Crippen LogP contribution in [-0.4, -0.2) is 28.4 Å². The third-order valence-electron chi connectivity index (χ3n) is 6.66. The Hall–Kier alpha value is -3.93. The van der Waals surface area contributed by atoms with Crippen molar-refractivity contribution >= 4 is 23.5 Å². The highest BCUT2D eigenvalue weighted by Gasteiger charge is 2.49. The summed E-state index contributed by atoms with van der Waals surface area (Å²) >= 11 is 6.48. The van der Waals surface area contributed by atoms with Crippen LogP contribution in [0.2, 0.25) is 0 Å². The molecule has 0 spiro atoms. The third-order valence-corrected chi connectivity index (χ3v) is 7.16. The molecular formula is C31H26ClNO4. The molecule has 6 rings (SSSR count). The van der Waals surface area contributed by atoms with Gasteiger partial charge in [-0.25, -0.2) is 4.79 Å². The molecule has 0 saturated carbocycles. The highest BCUT2D eigenvalue weighted by molar-refractivity contribution is 6.27. The molecule has 1 N–H and O–H groups in total. The van der Waals surface area contributed by atoms with E-state index in [4.69, 9.17) is 16.3 Å².